The number of hydrogen-bond donors (Lipinski definition) is 1. The van der Waals surface area contributed by atoms with E-state index in [4.69, 9.17) is 4.74 Å². The first-order valence-electron chi connectivity index (χ1n) is 9.72. The average molecular weight is 423 g/mol. The predicted octanol–water partition coefficient (Wildman–Crippen LogP) is 3.85. The summed E-state index contributed by atoms with van der Waals surface area (Å²) in [5.74, 6) is 0.297. The van der Waals surface area contributed by atoms with Crippen molar-refractivity contribution >= 4 is 27.3 Å². The highest BCUT2D eigenvalue weighted by Gasteiger charge is 2.29. The number of nitrogens with zero attached hydrogens (tertiary/aromatic N) is 1. The normalized spacial score (nSPS) is 13.4. The van der Waals surface area contributed by atoms with Gasteiger partial charge in [-0.1, -0.05) is 42.5 Å². The molecule has 0 bridgehead atoms. The molecule has 3 aromatic carbocycles. The third kappa shape index (κ3) is 4.31. The Morgan fingerprint density at radius 1 is 0.967 bits per heavy atom. The fraction of sp³-hybridized carbons (Fsp3) is 0.174. The van der Waals surface area contributed by atoms with Gasteiger partial charge >= 0.3 is 0 Å². The van der Waals surface area contributed by atoms with Crippen LogP contribution in [0.1, 0.15) is 12.0 Å². The molecule has 1 aliphatic rings. The molecular weight excluding hydrogens is 400 g/mol. The van der Waals surface area contributed by atoms with Crippen LogP contribution in [0.15, 0.2) is 83.8 Å². The summed E-state index contributed by atoms with van der Waals surface area (Å²) in [5, 5.41) is 2.79. The van der Waals surface area contributed by atoms with E-state index in [-0.39, 0.29) is 17.4 Å². The molecule has 1 heterocycles. The fourth-order valence-corrected chi connectivity index (χ4v) is 5.00. The molecular formula is C23H22N2O4S. The van der Waals surface area contributed by atoms with E-state index in [0.29, 0.717) is 23.7 Å². The Bertz CT molecular complexity index is 1130. The lowest BCUT2D eigenvalue weighted by Crippen LogP contribution is -2.35. The van der Waals surface area contributed by atoms with Crippen LogP contribution in [0.4, 0.5) is 11.4 Å². The zero-order valence-electron chi connectivity index (χ0n) is 16.3. The van der Waals surface area contributed by atoms with Gasteiger partial charge in [-0.3, -0.25) is 9.10 Å². The lowest BCUT2D eigenvalue weighted by molar-refractivity contribution is -0.118. The molecule has 7 heteroatoms. The largest absolute Gasteiger partial charge is 0.484 e. The maximum Gasteiger partial charge on any atom is 0.264 e. The lowest BCUT2D eigenvalue weighted by Gasteiger charge is -2.31. The van der Waals surface area contributed by atoms with Crippen LogP contribution >= 0.6 is 0 Å². The summed E-state index contributed by atoms with van der Waals surface area (Å²) in [6.45, 7) is 0.270. The van der Waals surface area contributed by atoms with Crippen LogP contribution in [0.3, 0.4) is 0 Å². The topological polar surface area (TPSA) is 75.7 Å². The number of aryl methyl sites for hydroxylation is 1. The Balaban J connectivity index is 1.53. The van der Waals surface area contributed by atoms with E-state index < -0.39 is 10.0 Å². The number of sulfonamides is 1. The van der Waals surface area contributed by atoms with Crippen molar-refractivity contribution in [1.29, 1.82) is 0 Å². The van der Waals surface area contributed by atoms with Crippen molar-refractivity contribution in [2.24, 2.45) is 0 Å². The van der Waals surface area contributed by atoms with E-state index in [1.807, 2.05) is 24.3 Å². The number of ether oxygens (including phenoxy) is 1. The summed E-state index contributed by atoms with van der Waals surface area (Å²) in [6.07, 6.45) is 1.54. The van der Waals surface area contributed by atoms with Gasteiger partial charge in [0, 0.05) is 12.2 Å². The highest BCUT2D eigenvalue weighted by atomic mass is 32.2. The molecule has 0 unspecified atom stereocenters. The Morgan fingerprint density at radius 3 is 2.40 bits per heavy atom. The molecule has 0 spiro atoms. The maximum absolute atomic E-state index is 13.2. The Hall–Kier alpha value is -3.32. The van der Waals surface area contributed by atoms with Crippen molar-refractivity contribution in [3.8, 4) is 5.75 Å². The van der Waals surface area contributed by atoms with Gasteiger partial charge in [0.05, 0.1) is 10.6 Å². The minimum Gasteiger partial charge on any atom is -0.484 e. The van der Waals surface area contributed by atoms with Gasteiger partial charge in [-0.05, 0) is 54.8 Å². The van der Waals surface area contributed by atoms with Crippen molar-refractivity contribution in [3.05, 3.63) is 84.4 Å². The first kappa shape index (κ1) is 20.0. The quantitative estimate of drug-likeness (QED) is 0.655. The molecule has 154 valence electrons. The molecule has 0 aliphatic carbocycles. The van der Waals surface area contributed by atoms with Crippen LogP contribution in [-0.2, 0) is 21.2 Å². The molecule has 0 atom stereocenters. The molecule has 30 heavy (non-hydrogen) atoms. The summed E-state index contributed by atoms with van der Waals surface area (Å²) in [5.41, 5.74) is 2.08. The second kappa shape index (κ2) is 8.59. The number of rotatable bonds is 6. The number of amides is 1. The fourth-order valence-electron chi connectivity index (χ4n) is 3.45. The minimum atomic E-state index is -3.67. The number of hydrogen-bond acceptors (Lipinski definition) is 4. The molecule has 4 rings (SSSR count). The van der Waals surface area contributed by atoms with Gasteiger partial charge in [0.15, 0.2) is 6.61 Å². The van der Waals surface area contributed by atoms with E-state index in [1.54, 1.807) is 54.6 Å². The second-order valence-electron chi connectivity index (χ2n) is 6.99. The van der Waals surface area contributed by atoms with E-state index in [0.717, 1.165) is 18.4 Å². The van der Waals surface area contributed by atoms with Crippen LogP contribution in [-0.4, -0.2) is 27.5 Å². The number of nitrogens with one attached hydrogen (secondary N) is 1. The van der Waals surface area contributed by atoms with Crippen molar-refractivity contribution in [2.45, 2.75) is 17.7 Å². The first-order valence-corrected chi connectivity index (χ1v) is 11.2. The summed E-state index contributed by atoms with van der Waals surface area (Å²) < 4.78 is 33.2. The summed E-state index contributed by atoms with van der Waals surface area (Å²) in [7, 11) is -3.67. The van der Waals surface area contributed by atoms with Crippen molar-refractivity contribution in [2.75, 3.05) is 22.8 Å². The van der Waals surface area contributed by atoms with E-state index in [9.17, 15) is 13.2 Å². The zero-order chi connectivity index (χ0) is 21.0. The molecule has 0 radical (unpaired) electrons. The summed E-state index contributed by atoms with van der Waals surface area (Å²) in [4.78, 5) is 12.5. The van der Waals surface area contributed by atoms with Crippen LogP contribution in [0.25, 0.3) is 0 Å². The van der Waals surface area contributed by atoms with Crippen LogP contribution < -0.4 is 14.4 Å². The van der Waals surface area contributed by atoms with Crippen LogP contribution in [0, 0.1) is 0 Å². The monoisotopic (exact) mass is 422 g/mol. The molecule has 1 amide bonds. The molecule has 0 saturated carbocycles. The van der Waals surface area contributed by atoms with Gasteiger partial charge in [-0.25, -0.2) is 8.42 Å². The van der Waals surface area contributed by atoms with E-state index >= 15 is 0 Å². The molecule has 6 nitrogen and oxygen atoms in total. The number of anilines is 2. The first-order chi connectivity index (χ1) is 14.5. The van der Waals surface area contributed by atoms with E-state index in [2.05, 4.69) is 5.32 Å². The van der Waals surface area contributed by atoms with Crippen molar-refractivity contribution < 1.29 is 17.9 Å². The van der Waals surface area contributed by atoms with Gasteiger partial charge in [0.1, 0.15) is 5.75 Å². The van der Waals surface area contributed by atoms with Crippen molar-refractivity contribution in [3.63, 3.8) is 0 Å². The summed E-state index contributed by atoms with van der Waals surface area (Å²) >= 11 is 0. The number of carbonyl (C=O) groups is 1. The SMILES string of the molecule is O=C(COc1ccccc1)Nc1ccc2c(c1)N(S(=O)(=O)c1ccccc1)CCC2. The molecule has 1 aliphatic heterocycles. The molecule has 0 saturated heterocycles. The van der Waals surface area contributed by atoms with Gasteiger partial charge in [0.2, 0.25) is 0 Å². The molecule has 0 fully saturated rings. The summed E-state index contributed by atoms with van der Waals surface area (Å²) in [6, 6.07) is 22.9. The highest BCUT2D eigenvalue weighted by molar-refractivity contribution is 7.92. The average Bonchev–Trinajstić information content (AvgIpc) is 2.78. The van der Waals surface area contributed by atoms with Crippen LogP contribution in [0.2, 0.25) is 0 Å². The number of fused-ring (bicyclic) bond motifs is 1. The lowest BCUT2D eigenvalue weighted by atomic mass is 10.0. The van der Waals surface area contributed by atoms with Crippen LogP contribution in [0.5, 0.6) is 5.75 Å². The standard InChI is InChI=1S/C23H22N2O4S/c26-23(17-29-20-9-3-1-4-10-20)24-19-14-13-18-8-7-15-25(22(18)16-19)30(27,28)21-11-5-2-6-12-21/h1-6,9-14,16H,7-8,15,17H2,(H,24,26). The maximum atomic E-state index is 13.2. The number of para-hydroxylation sites is 1. The molecule has 0 aromatic heterocycles. The van der Waals surface area contributed by atoms with E-state index in [1.165, 1.54) is 4.31 Å². The third-order valence-corrected chi connectivity index (χ3v) is 6.72. The number of carbonyl (C=O) groups excluding carboxylic acids is 1. The third-order valence-electron chi connectivity index (χ3n) is 4.89. The van der Waals surface area contributed by atoms with Crippen molar-refractivity contribution in [1.82, 2.24) is 0 Å². The van der Waals surface area contributed by atoms with Gasteiger partial charge in [-0.2, -0.15) is 0 Å². The smallest absolute Gasteiger partial charge is 0.264 e. The Labute approximate surface area is 176 Å². The van der Waals surface area contributed by atoms with Gasteiger partial charge in [0.25, 0.3) is 15.9 Å². The second-order valence-corrected chi connectivity index (χ2v) is 8.85. The zero-order valence-corrected chi connectivity index (χ0v) is 17.1. The van der Waals surface area contributed by atoms with Gasteiger partial charge < -0.3 is 10.1 Å². The Morgan fingerprint density at radius 2 is 1.67 bits per heavy atom. The highest BCUT2D eigenvalue weighted by Crippen LogP contribution is 2.34. The molecule has 3 aromatic rings. The van der Waals surface area contributed by atoms with Gasteiger partial charge in [-0.15, -0.1) is 0 Å². The minimum absolute atomic E-state index is 0.132. The number of benzene rings is 3. The predicted molar refractivity (Wildman–Crippen MR) is 116 cm³/mol. The Kier molecular flexibility index (Phi) is 5.72. The molecule has 1 N–H and O–H groups in total.